The Morgan fingerprint density at radius 3 is 2.83 bits per heavy atom. The number of ether oxygens (including phenoxy) is 1. The Balaban J connectivity index is 1.68. The largest absolute Gasteiger partial charge is 0.452 e. The van der Waals surface area contributed by atoms with Crippen LogP contribution in [0.15, 0.2) is 53.1 Å². The van der Waals surface area contributed by atoms with Gasteiger partial charge in [-0.1, -0.05) is 35.5 Å². The Bertz CT molecular complexity index is 845. The number of esters is 1. The Hall–Kier alpha value is -3.02. The van der Waals surface area contributed by atoms with E-state index in [0.717, 1.165) is 17.2 Å². The van der Waals surface area contributed by atoms with E-state index >= 15 is 0 Å². The highest BCUT2D eigenvalue weighted by atomic mass is 19.1. The van der Waals surface area contributed by atoms with Gasteiger partial charge in [0.25, 0.3) is 5.89 Å². The van der Waals surface area contributed by atoms with Crippen LogP contribution in [0.4, 0.5) is 4.39 Å². The van der Waals surface area contributed by atoms with Gasteiger partial charge in [-0.3, -0.25) is 0 Å². The zero-order valence-electron chi connectivity index (χ0n) is 12.3. The zero-order valence-corrected chi connectivity index (χ0v) is 12.3. The molecule has 0 aliphatic heterocycles. The molecule has 0 unspecified atom stereocenters. The molecule has 3 rings (SSSR count). The third-order valence-corrected chi connectivity index (χ3v) is 3.24. The lowest BCUT2D eigenvalue weighted by Gasteiger charge is -2.01. The van der Waals surface area contributed by atoms with Crippen LogP contribution in [0.1, 0.15) is 21.8 Å². The molecule has 0 bridgehead atoms. The number of carbonyl (C=O) groups excluding carboxylic acids is 1. The Morgan fingerprint density at radius 2 is 2.04 bits per heavy atom. The first kappa shape index (κ1) is 14.9. The topological polar surface area (TPSA) is 65.2 Å². The summed E-state index contributed by atoms with van der Waals surface area (Å²) >= 11 is 0. The number of aryl methyl sites for hydroxylation is 1. The molecule has 1 heterocycles. The summed E-state index contributed by atoms with van der Waals surface area (Å²) in [4.78, 5) is 16.0. The summed E-state index contributed by atoms with van der Waals surface area (Å²) in [7, 11) is 0. The summed E-state index contributed by atoms with van der Waals surface area (Å²) in [6.45, 7) is 1.77. The Morgan fingerprint density at radius 1 is 1.22 bits per heavy atom. The summed E-state index contributed by atoms with van der Waals surface area (Å²) in [6.07, 6.45) is 0. The fraction of sp³-hybridized carbons (Fsp3) is 0.118. The van der Waals surface area contributed by atoms with Crippen molar-refractivity contribution in [3.05, 3.63) is 71.4 Å². The van der Waals surface area contributed by atoms with Crippen LogP contribution in [0, 0.1) is 12.7 Å². The van der Waals surface area contributed by atoms with Gasteiger partial charge in [-0.2, -0.15) is 4.98 Å². The number of carbonyl (C=O) groups is 1. The second kappa shape index (κ2) is 6.39. The highest BCUT2D eigenvalue weighted by molar-refractivity contribution is 5.89. The quantitative estimate of drug-likeness (QED) is 0.689. The summed E-state index contributed by atoms with van der Waals surface area (Å²) in [6, 6.07) is 12.9. The van der Waals surface area contributed by atoms with Gasteiger partial charge in [-0.15, -0.1) is 0 Å². The first-order chi connectivity index (χ1) is 11.1. The van der Waals surface area contributed by atoms with Crippen molar-refractivity contribution < 1.29 is 18.4 Å². The van der Waals surface area contributed by atoms with Crippen molar-refractivity contribution in [3.8, 4) is 11.4 Å². The molecule has 1 aromatic heterocycles. The van der Waals surface area contributed by atoms with Crippen LogP contribution in [-0.4, -0.2) is 16.1 Å². The molecule has 2 aromatic carbocycles. The highest BCUT2D eigenvalue weighted by Crippen LogP contribution is 2.20. The summed E-state index contributed by atoms with van der Waals surface area (Å²) < 4.78 is 23.2. The van der Waals surface area contributed by atoms with Crippen LogP contribution in [0.2, 0.25) is 0 Å². The average Bonchev–Trinajstić information content (AvgIpc) is 3.02. The molecule has 5 nitrogen and oxygen atoms in total. The number of hydrogen-bond acceptors (Lipinski definition) is 5. The first-order valence-corrected chi connectivity index (χ1v) is 6.95. The van der Waals surface area contributed by atoms with E-state index in [-0.39, 0.29) is 18.1 Å². The standard InChI is InChI=1S/C17H13FN2O3/c1-11-5-2-3-8-14(11)16-19-15(23-20-16)10-22-17(21)12-6-4-7-13(18)9-12/h2-9H,10H2,1H3. The van der Waals surface area contributed by atoms with E-state index in [1.54, 1.807) is 0 Å². The van der Waals surface area contributed by atoms with Crippen LogP contribution < -0.4 is 0 Å². The molecular formula is C17H13FN2O3. The van der Waals surface area contributed by atoms with Gasteiger partial charge in [0.15, 0.2) is 6.61 Å². The fourth-order valence-corrected chi connectivity index (χ4v) is 2.07. The summed E-state index contributed by atoms with van der Waals surface area (Å²) in [5, 5.41) is 3.87. The minimum absolute atomic E-state index is 0.128. The second-order valence-corrected chi connectivity index (χ2v) is 4.91. The minimum Gasteiger partial charge on any atom is -0.452 e. The van der Waals surface area contributed by atoms with Crippen molar-refractivity contribution in [1.29, 1.82) is 0 Å². The number of nitrogens with zero attached hydrogens (tertiary/aromatic N) is 2. The van der Waals surface area contributed by atoms with Crippen LogP contribution in [0.25, 0.3) is 11.4 Å². The van der Waals surface area contributed by atoms with Crippen LogP contribution in [0.5, 0.6) is 0 Å². The lowest BCUT2D eigenvalue weighted by atomic mass is 10.1. The molecule has 3 aromatic rings. The second-order valence-electron chi connectivity index (χ2n) is 4.91. The number of halogens is 1. The number of benzene rings is 2. The van der Waals surface area contributed by atoms with Crippen molar-refractivity contribution in [1.82, 2.24) is 10.1 Å². The van der Waals surface area contributed by atoms with Gasteiger partial charge in [0.1, 0.15) is 5.82 Å². The smallest absolute Gasteiger partial charge is 0.338 e. The van der Waals surface area contributed by atoms with Crippen LogP contribution >= 0.6 is 0 Å². The molecular weight excluding hydrogens is 299 g/mol. The number of hydrogen-bond donors (Lipinski definition) is 0. The molecule has 0 aliphatic rings. The van der Waals surface area contributed by atoms with Gasteiger partial charge < -0.3 is 9.26 Å². The fourth-order valence-electron chi connectivity index (χ4n) is 2.07. The minimum atomic E-state index is -0.653. The Kier molecular flexibility index (Phi) is 4.14. The first-order valence-electron chi connectivity index (χ1n) is 6.95. The molecule has 0 saturated carbocycles. The molecule has 0 atom stereocenters. The van der Waals surface area contributed by atoms with Crippen LogP contribution in [-0.2, 0) is 11.3 Å². The molecule has 0 amide bonds. The zero-order chi connectivity index (χ0) is 16.2. The average molecular weight is 312 g/mol. The SMILES string of the molecule is Cc1ccccc1-c1noc(COC(=O)c2cccc(F)c2)n1. The third kappa shape index (κ3) is 3.42. The molecule has 0 spiro atoms. The van der Waals surface area contributed by atoms with E-state index in [1.807, 2.05) is 31.2 Å². The molecule has 23 heavy (non-hydrogen) atoms. The van der Waals surface area contributed by atoms with Gasteiger partial charge >= 0.3 is 5.97 Å². The van der Waals surface area contributed by atoms with E-state index in [2.05, 4.69) is 10.1 Å². The van der Waals surface area contributed by atoms with E-state index in [0.29, 0.717) is 5.82 Å². The predicted octanol–water partition coefficient (Wildman–Crippen LogP) is 3.54. The van der Waals surface area contributed by atoms with Gasteiger partial charge in [0.2, 0.25) is 5.82 Å². The maximum absolute atomic E-state index is 13.1. The van der Waals surface area contributed by atoms with E-state index in [4.69, 9.17) is 9.26 Å². The molecule has 116 valence electrons. The maximum Gasteiger partial charge on any atom is 0.338 e. The summed E-state index contributed by atoms with van der Waals surface area (Å²) in [5.41, 5.74) is 1.99. The number of aromatic nitrogens is 2. The highest BCUT2D eigenvalue weighted by Gasteiger charge is 2.13. The van der Waals surface area contributed by atoms with Crippen molar-refractivity contribution in [2.45, 2.75) is 13.5 Å². The molecule has 6 heteroatoms. The van der Waals surface area contributed by atoms with Crippen LogP contribution in [0.3, 0.4) is 0 Å². The van der Waals surface area contributed by atoms with Gasteiger partial charge in [0, 0.05) is 5.56 Å². The van der Waals surface area contributed by atoms with Crippen molar-refractivity contribution in [3.63, 3.8) is 0 Å². The molecule has 0 aliphatic carbocycles. The Labute approximate surface area is 131 Å². The molecule has 0 fully saturated rings. The van der Waals surface area contributed by atoms with Crippen molar-refractivity contribution >= 4 is 5.97 Å². The third-order valence-electron chi connectivity index (χ3n) is 3.24. The van der Waals surface area contributed by atoms with Crippen molar-refractivity contribution in [2.75, 3.05) is 0 Å². The predicted molar refractivity (Wildman–Crippen MR) is 80.0 cm³/mol. The molecule has 0 radical (unpaired) electrons. The van der Waals surface area contributed by atoms with E-state index in [1.165, 1.54) is 18.2 Å². The monoisotopic (exact) mass is 312 g/mol. The van der Waals surface area contributed by atoms with Gasteiger partial charge in [0.05, 0.1) is 5.56 Å². The normalized spacial score (nSPS) is 10.5. The van der Waals surface area contributed by atoms with E-state index < -0.39 is 11.8 Å². The molecule has 0 N–H and O–H groups in total. The number of rotatable bonds is 4. The summed E-state index contributed by atoms with van der Waals surface area (Å²) in [5.74, 6) is -0.549. The van der Waals surface area contributed by atoms with Gasteiger partial charge in [-0.25, -0.2) is 9.18 Å². The van der Waals surface area contributed by atoms with Gasteiger partial charge in [-0.05, 0) is 30.7 Å². The molecule has 0 saturated heterocycles. The lowest BCUT2D eigenvalue weighted by molar-refractivity contribution is 0.0429. The van der Waals surface area contributed by atoms with E-state index in [9.17, 15) is 9.18 Å². The lowest BCUT2D eigenvalue weighted by Crippen LogP contribution is -2.05. The van der Waals surface area contributed by atoms with Crippen molar-refractivity contribution in [2.24, 2.45) is 0 Å². The maximum atomic E-state index is 13.1.